The zero-order chi connectivity index (χ0) is 10.8. The van der Waals surface area contributed by atoms with Crippen molar-refractivity contribution in [2.24, 2.45) is 0 Å². The second kappa shape index (κ2) is 9.44. The summed E-state index contributed by atoms with van der Waals surface area (Å²) >= 11 is 0. The van der Waals surface area contributed by atoms with Crippen LogP contribution < -0.4 is 10.6 Å². The molecule has 0 rings (SSSR count). The molecule has 0 aliphatic heterocycles. The normalized spacial score (nSPS) is 15.4. The highest BCUT2D eigenvalue weighted by atomic mass is 16.5. The Morgan fingerprint density at radius 2 is 1.86 bits per heavy atom. The highest BCUT2D eigenvalue weighted by Crippen LogP contribution is 1.94. The van der Waals surface area contributed by atoms with Gasteiger partial charge in [0.05, 0.1) is 6.61 Å². The zero-order valence-corrected chi connectivity index (χ0v) is 10.1. The summed E-state index contributed by atoms with van der Waals surface area (Å²) in [6, 6.07) is 1.15. The molecule has 0 saturated heterocycles. The minimum Gasteiger partial charge on any atom is -0.383 e. The predicted molar refractivity (Wildman–Crippen MR) is 61.7 cm³/mol. The van der Waals surface area contributed by atoms with Crippen molar-refractivity contribution in [2.75, 3.05) is 26.8 Å². The smallest absolute Gasteiger partial charge is 0.0587 e. The van der Waals surface area contributed by atoms with Crippen molar-refractivity contribution in [3.05, 3.63) is 0 Å². The number of hydrogen-bond donors (Lipinski definition) is 2. The van der Waals surface area contributed by atoms with Crippen LogP contribution in [0.3, 0.4) is 0 Å². The fourth-order valence-electron chi connectivity index (χ4n) is 1.39. The summed E-state index contributed by atoms with van der Waals surface area (Å²) in [7, 11) is 1.73. The van der Waals surface area contributed by atoms with Crippen molar-refractivity contribution in [3.63, 3.8) is 0 Å². The molecule has 0 amide bonds. The van der Waals surface area contributed by atoms with Gasteiger partial charge in [-0.2, -0.15) is 0 Å². The van der Waals surface area contributed by atoms with Gasteiger partial charge in [-0.25, -0.2) is 0 Å². The van der Waals surface area contributed by atoms with Crippen LogP contribution in [0.5, 0.6) is 0 Å². The number of nitrogens with one attached hydrogen (secondary N) is 2. The highest BCUT2D eigenvalue weighted by molar-refractivity contribution is 4.67. The molecule has 86 valence electrons. The molecule has 0 spiro atoms. The first-order valence-corrected chi connectivity index (χ1v) is 5.66. The van der Waals surface area contributed by atoms with E-state index in [9.17, 15) is 0 Å². The van der Waals surface area contributed by atoms with E-state index in [2.05, 4.69) is 31.4 Å². The largest absolute Gasteiger partial charge is 0.383 e. The monoisotopic (exact) mass is 202 g/mol. The number of rotatable bonds is 9. The van der Waals surface area contributed by atoms with Crippen LogP contribution in [-0.4, -0.2) is 38.9 Å². The standard InChI is InChI=1S/C11H26N2O/c1-5-6-10(2)13-9-11(3)12-7-8-14-4/h10-13H,5-9H2,1-4H3. The minimum atomic E-state index is 0.518. The molecular formula is C11H26N2O. The maximum atomic E-state index is 4.97. The molecule has 2 N–H and O–H groups in total. The first-order chi connectivity index (χ1) is 6.70. The van der Waals surface area contributed by atoms with Crippen LogP contribution in [0.1, 0.15) is 33.6 Å². The fraction of sp³-hybridized carbons (Fsp3) is 1.00. The van der Waals surface area contributed by atoms with Crippen LogP contribution in [0, 0.1) is 0 Å². The van der Waals surface area contributed by atoms with Crippen molar-refractivity contribution in [1.82, 2.24) is 10.6 Å². The van der Waals surface area contributed by atoms with E-state index >= 15 is 0 Å². The van der Waals surface area contributed by atoms with Crippen molar-refractivity contribution < 1.29 is 4.74 Å². The lowest BCUT2D eigenvalue weighted by Crippen LogP contribution is -2.40. The van der Waals surface area contributed by atoms with Gasteiger partial charge in [0.2, 0.25) is 0 Å². The summed E-state index contributed by atoms with van der Waals surface area (Å²) in [5.74, 6) is 0. The quantitative estimate of drug-likeness (QED) is 0.554. The van der Waals surface area contributed by atoms with E-state index in [1.807, 2.05) is 0 Å². The molecule has 0 aromatic heterocycles. The molecule has 0 aliphatic carbocycles. The molecule has 0 bridgehead atoms. The van der Waals surface area contributed by atoms with E-state index in [4.69, 9.17) is 4.74 Å². The van der Waals surface area contributed by atoms with Crippen molar-refractivity contribution in [3.8, 4) is 0 Å². The van der Waals surface area contributed by atoms with Crippen LogP contribution >= 0.6 is 0 Å². The van der Waals surface area contributed by atoms with Crippen LogP contribution in [0.2, 0.25) is 0 Å². The van der Waals surface area contributed by atoms with E-state index in [1.54, 1.807) is 7.11 Å². The summed E-state index contributed by atoms with van der Waals surface area (Å²) in [6.45, 7) is 9.41. The minimum absolute atomic E-state index is 0.518. The third-order valence-electron chi connectivity index (χ3n) is 2.29. The SMILES string of the molecule is CCCC(C)NCC(C)NCCOC. The molecule has 0 radical (unpaired) electrons. The second-order valence-electron chi connectivity index (χ2n) is 3.95. The Bertz CT molecular complexity index is 120. The molecule has 0 aliphatic rings. The summed E-state index contributed by atoms with van der Waals surface area (Å²) in [6.07, 6.45) is 2.50. The van der Waals surface area contributed by atoms with Gasteiger partial charge in [-0.15, -0.1) is 0 Å². The van der Waals surface area contributed by atoms with Gasteiger partial charge in [0.15, 0.2) is 0 Å². The van der Waals surface area contributed by atoms with Gasteiger partial charge in [0, 0.05) is 32.3 Å². The Hall–Kier alpha value is -0.120. The van der Waals surface area contributed by atoms with Gasteiger partial charge in [-0.1, -0.05) is 13.3 Å². The summed E-state index contributed by atoms with van der Waals surface area (Å²) in [5.41, 5.74) is 0. The van der Waals surface area contributed by atoms with Crippen molar-refractivity contribution in [1.29, 1.82) is 0 Å². The van der Waals surface area contributed by atoms with Gasteiger partial charge < -0.3 is 15.4 Å². The summed E-state index contributed by atoms with van der Waals surface area (Å²) in [5, 5.41) is 6.90. The van der Waals surface area contributed by atoms with Crippen LogP contribution in [0.15, 0.2) is 0 Å². The second-order valence-corrected chi connectivity index (χ2v) is 3.95. The van der Waals surface area contributed by atoms with Crippen LogP contribution in [-0.2, 0) is 4.74 Å². The summed E-state index contributed by atoms with van der Waals surface area (Å²) < 4.78 is 4.97. The first-order valence-electron chi connectivity index (χ1n) is 5.66. The van der Waals surface area contributed by atoms with Crippen LogP contribution in [0.25, 0.3) is 0 Å². The Balaban J connectivity index is 3.29. The Kier molecular flexibility index (Phi) is 9.35. The molecule has 0 aromatic carbocycles. The third kappa shape index (κ3) is 8.48. The maximum Gasteiger partial charge on any atom is 0.0587 e. The Morgan fingerprint density at radius 1 is 1.14 bits per heavy atom. The zero-order valence-electron chi connectivity index (χ0n) is 10.1. The van der Waals surface area contributed by atoms with Gasteiger partial charge in [-0.05, 0) is 20.3 Å². The number of methoxy groups -OCH3 is 1. The molecule has 0 aromatic rings. The third-order valence-corrected chi connectivity index (χ3v) is 2.29. The van der Waals surface area contributed by atoms with E-state index in [0.29, 0.717) is 12.1 Å². The maximum absolute atomic E-state index is 4.97. The first kappa shape index (κ1) is 13.9. The van der Waals surface area contributed by atoms with Gasteiger partial charge >= 0.3 is 0 Å². The topological polar surface area (TPSA) is 33.3 Å². The van der Waals surface area contributed by atoms with Gasteiger partial charge in [0.1, 0.15) is 0 Å². The van der Waals surface area contributed by atoms with Crippen molar-refractivity contribution in [2.45, 2.75) is 45.7 Å². The van der Waals surface area contributed by atoms with E-state index in [0.717, 1.165) is 19.7 Å². The Morgan fingerprint density at radius 3 is 2.43 bits per heavy atom. The highest BCUT2D eigenvalue weighted by Gasteiger charge is 2.03. The van der Waals surface area contributed by atoms with E-state index in [-0.39, 0.29) is 0 Å². The van der Waals surface area contributed by atoms with Crippen LogP contribution in [0.4, 0.5) is 0 Å². The van der Waals surface area contributed by atoms with E-state index in [1.165, 1.54) is 12.8 Å². The lowest BCUT2D eigenvalue weighted by Gasteiger charge is -2.18. The molecule has 3 heteroatoms. The molecule has 14 heavy (non-hydrogen) atoms. The molecule has 0 saturated carbocycles. The molecule has 0 heterocycles. The average Bonchev–Trinajstić information content (AvgIpc) is 2.16. The molecule has 0 fully saturated rings. The van der Waals surface area contributed by atoms with Crippen molar-refractivity contribution >= 4 is 0 Å². The van der Waals surface area contributed by atoms with E-state index < -0.39 is 0 Å². The van der Waals surface area contributed by atoms with Gasteiger partial charge in [-0.3, -0.25) is 0 Å². The fourth-order valence-corrected chi connectivity index (χ4v) is 1.39. The number of ether oxygens (including phenoxy) is 1. The Labute approximate surface area is 88.6 Å². The number of hydrogen-bond acceptors (Lipinski definition) is 3. The van der Waals surface area contributed by atoms with Gasteiger partial charge in [0.25, 0.3) is 0 Å². The molecular weight excluding hydrogens is 176 g/mol. The molecule has 2 unspecified atom stereocenters. The molecule has 2 atom stereocenters. The summed E-state index contributed by atoms with van der Waals surface area (Å²) in [4.78, 5) is 0. The lowest BCUT2D eigenvalue weighted by atomic mass is 10.2. The predicted octanol–water partition coefficient (Wildman–Crippen LogP) is 1.39. The average molecular weight is 202 g/mol. The lowest BCUT2D eigenvalue weighted by molar-refractivity contribution is 0.196. The molecule has 3 nitrogen and oxygen atoms in total.